The molecule has 1 amide bonds. The van der Waals surface area contributed by atoms with E-state index in [9.17, 15) is 18.0 Å². The number of fused-ring (bicyclic) bond motifs is 2. The monoisotopic (exact) mass is 335 g/mol. The van der Waals surface area contributed by atoms with Crippen molar-refractivity contribution in [3.8, 4) is 11.5 Å². The summed E-state index contributed by atoms with van der Waals surface area (Å²) in [6.07, 6.45) is -4.54. The largest absolute Gasteiger partial charge is 0.454 e. The first-order valence-corrected chi connectivity index (χ1v) is 7.33. The van der Waals surface area contributed by atoms with E-state index in [1.807, 2.05) is 0 Å². The van der Waals surface area contributed by atoms with E-state index in [4.69, 9.17) is 9.47 Å². The Hall–Kier alpha value is -2.70. The quantitative estimate of drug-likeness (QED) is 0.860. The normalized spacial score (nSPS) is 19.0. The van der Waals surface area contributed by atoms with E-state index >= 15 is 0 Å². The van der Waals surface area contributed by atoms with Crippen LogP contribution in [0.1, 0.15) is 29.0 Å². The fourth-order valence-electron chi connectivity index (χ4n) is 3.19. The first-order chi connectivity index (χ1) is 11.4. The van der Waals surface area contributed by atoms with Crippen molar-refractivity contribution >= 4 is 11.6 Å². The van der Waals surface area contributed by atoms with E-state index in [2.05, 4.69) is 5.32 Å². The second-order valence-corrected chi connectivity index (χ2v) is 5.68. The van der Waals surface area contributed by atoms with Crippen molar-refractivity contribution in [2.45, 2.75) is 18.5 Å². The van der Waals surface area contributed by atoms with Gasteiger partial charge in [0.2, 0.25) is 12.7 Å². The Bertz CT molecular complexity index is 832. The van der Waals surface area contributed by atoms with Crippen LogP contribution in [0.4, 0.5) is 18.9 Å². The number of alkyl halides is 3. The molecular formula is C17H12F3NO3. The van der Waals surface area contributed by atoms with Gasteiger partial charge >= 0.3 is 6.18 Å². The molecule has 2 aliphatic heterocycles. The van der Waals surface area contributed by atoms with Gasteiger partial charge in [-0.05, 0) is 23.3 Å². The maximum atomic E-state index is 13.4. The summed E-state index contributed by atoms with van der Waals surface area (Å²) in [5.41, 5.74) is 0.404. The average molecular weight is 335 g/mol. The minimum Gasteiger partial charge on any atom is -0.454 e. The third-order valence-corrected chi connectivity index (χ3v) is 4.23. The fourth-order valence-corrected chi connectivity index (χ4v) is 3.19. The van der Waals surface area contributed by atoms with Crippen molar-refractivity contribution in [3.05, 3.63) is 53.1 Å². The zero-order valence-corrected chi connectivity index (χ0v) is 12.3. The molecule has 2 aromatic carbocycles. The summed E-state index contributed by atoms with van der Waals surface area (Å²) in [7, 11) is 0. The van der Waals surface area contributed by atoms with E-state index in [-0.39, 0.29) is 24.7 Å². The molecule has 0 fully saturated rings. The van der Waals surface area contributed by atoms with Crippen LogP contribution in [0, 0.1) is 0 Å². The summed E-state index contributed by atoms with van der Waals surface area (Å²) in [4.78, 5) is 12.0. The zero-order chi connectivity index (χ0) is 16.9. The molecule has 0 saturated carbocycles. The fraction of sp³-hybridized carbons (Fsp3) is 0.235. The number of amides is 1. The van der Waals surface area contributed by atoms with Gasteiger partial charge in [-0.15, -0.1) is 0 Å². The Morgan fingerprint density at radius 3 is 2.50 bits per heavy atom. The van der Waals surface area contributed by atoms with Gasteiger partial charge in [0.25, 0.3) is 0 Å². The molecule has 1 N–H and O–H groups in total. The van der Waals surface area contributed by atoms with Crippen molar-refractivity contribution in [2.24, 2.45) is 0 Å². The van der Waals surface area contributed by atoms with Gasteiger partial charge < -0.3 is 14.8 Å². The summed E-state index contributed by atoms with van der Waals surface area (Å²) in [5, 5.41) is 2.69. The molecule has 0 unspecified atom stereocenters. The lowest BCUT2D eigenvalue weighted by atomic mass is 9.82. The van der Waals surface area contributed by atoms with Crippen molar-refractivity contribution in [1.29, 1.82) is 0 Å². The van der Waals surface area contributed by atoms with Gasteiger partial charge in [0.05, 0.1) is 5.56 Å². The molecule has 1 atom stereocenters. The van der Waals surface area contributed by atoms with Crippen molar-refractivity contribution in [2.75, 3.05) is 12.1 Å². The Morgan fingerprint density at radius 2 is 1.75 bits per heavy atom. The van der Waals surface area contributed by atoms with E-state index in [1.54, 1.807) is 18.2 Å². The molecular weight excluding hydrogens is 323 g/mol. The van der Waals surface area contributed by atoms with E-state index in [0.29, 0.717) is 22.7 Å². The van der Waals surface area contributed by atoms with Crippen molar-refractivity contribution < 1.29 is 27.4 Å². The Kier molecular flexibility index (Phi) is 3.19. The van der Waals surface area contributed by atoms with Crippen LogP contribution >= 0.6 is 0 Å². The first kappa shape index (κ1) is 14.9. The van der Waals surface area contributed by atoms with Crippen LogP contribution in [-0.4, -0.2) is 12.7 Å². The van der Waals surface area contributed by atoms with Crippen molar-refractivity contribution in [1.82, 2.24) is 0 Å². The zero-order valence-electron chi connectivity index (χ0n) is 12.3. The van der Waals surface area contributed by atoms with Gasteiger partial charge in [0, 0.05) is 24.1 Å². The average Bonchev–Trinajstić information content (AvgIpc) is 2.98. The third-order valence-electron chi connectivity index (χ3n) is 4.23. The summed E-state index contributed by atoms with van der Waals surface area (Å²) in [5.74, 6) is -0.0809. The number of rotatable bonds is 1. The van der Waals surface area contributed by atoms with E-state index < -0.39 is 17.7 Å². The molecule has 0 bridgehead atoms. The minimum absolute atomic E-state index is 0.0516. The summed E-state index contributed by atoms with van der Waals surface area (Å²) in [6, 6.07) is 8.58. The molecule has 0 aliphatic carbocycles. The Morgan fingerprint density at radius 1 is 1.04 bits per heavy atom. The highest BCUT2D eigenvalue weighted by Crippen LogP contribution is 2.47. The standard InChI is InChI=1S/C17H12F3NO3/c18-17(19,20)12-4-2-1-3-9(12)10-6-16(22)21-13-7-15-14(5-11(10)13)23-8-24-15/h1-5,7,10H,6,8H2,(H,21,22)/t10-/m0/s1. The molecule has 2 heterocycles. The van der Waals surface area contributed by atoms with E-state index in [0.717, 1.165) is 6.07 Å². The molecule has 0 radical (unpaired) electrons. The molecule has 124 valence electrons. The molecule has 4 rings (SSSR count). The SMILES string of the molecule is O=C1C[C@@H](c2ccccc2C(F)(F)F)c2cc3c(cc2N1)OCO3. The third kappa shape index (κ3) is 2.36. The lowest BCUT2D eigenvalue weighted by Gasteiger charge is -2.28. The van der Waals surface area contributed by atoms with E-state index in [1.165, 1.54) is 12.1 Å². The molecule has 2 aromatic rings. The lowest BCUT2D eigenvalue weighted by Crippen LogP contribution is -2.25. The van der Waals surface area contributed by atoms with Crippen LogP contribution in [0.15, 0.2) is 36.4 Å². The van der Waals surface area contributed by atoms with Crippen LogP contribution in [0.3, 0.4) is 0 Å². The number of carbonyl (C=O) groups excluding carboxylic acids is 1. The maximum absolute atomic E-state index is 13.4. The number of hydrogen-bond acceptors (Lipinski definition) is 3. The lowest BCUT2D eigenvalue weighted by molar-refractivity contribution is -0.138. The highest BCUT2D eigenvalue weighted by molar-refractivity contribution is 5.96. The molecule has 2 aliphatic rings. The highest BCUT2D eigenvalue weighted by Gasteiger charge is 2.38. The Balaban J connectivity index is 1.88. The van der Waals surface area contributed by atoms with Gasteiger partial charge in [0.1, 0.15) is 0 Å². The predicted octanol–water partition coefficient (Wildman–Crippen LogP) is 3.91. The van der Waals surface area contributed by atoms with Gasteiger partial charge in [0.15, 0.2) is 11.5 Å². The molecule has 4 nitrogen and oxygen atoms in total. The Labute approximate surface area is 135 Å². The number of halogens is 3. The summed E-state index contributed by atoms with van der Waals surface area (Å²) in [6.45, 7) is 0.0516. The van der Waals surface area contributed by atoms with Gasteiger partial charge in [-0.25, -0.2) is 0 Å². The second-order valence-electron chi connectivity index (χ2n) is 5.68. The predicted molar refractivity (Wildman–Crippen MR) is 79.1 cm³/mol. The molecule has 24 heavy (non-hydrogen) atoms. The number of carbonyl (C=O) groups is 1. The van der Waals surface area contributed by atoms with Crippen LogP contribution in [0.5, 0.6) is 11.5 Å². The number of anilines is 1. The number of hydrogen-bond donors (Lipinski definition) is 1. The number of ether oxygens (including phenoxy) is 2. The van der Waals surface area contributed by atoms with Gasteiger partial charge in [-0.1, -0.05) is 18.2 Å². The molecule has 0 aromatic heterocycles. The smallest absolute Gasteiger partial charge is 0.416 e. The first-order valence-electron chi connectivity index (χ1n) is 7.33. The summed E-state index contributed by atoms with van der Waals surface area (Å²) >= 11 is 0. The molecule has 0 saturated heterocycles. The topological polar surface area (TPSA) is 47.6 Å². The van der Waals surface area contributed by atoms with Crippen LogP contribution in [0.25, 0.3) is 0 Å². The van der Waals surface area contributed by atoms with Gasteiger partial charge in [-0.2, -0.15) is 13.2 Å². The maximum Gasteiger partial charge on any atom is 0.416 e. The summed E-state index contributed by atoms with van der Waals surface area (Å²) < 4.78 is 50.6. The van der Waals surface area contributed by atoms with Crippen LogP contribution in [0.2, 0.25) is 0 Å². The van der Waals surface area contributed by atoms with Crippen LogP contribution < -0.4 is 14.8 Å². The number of benzene rings is 2. The number of nitrogens with one attached hydrogen (secondary N) is 1. The molecule has 0 spiro atoms. The second kappa shape index (κ2) is 5.15. The highest BCUT2D eigenvalue weighted by atomic mass is 19.4. The van der Waals surface area contributed by atoms with Crippen molar-refractivity contribution in [3.63, 3.8) is 0 Å². The molecule has 7 heteroatoms. The van der Waals surface area contributed by atoms with Gasteiger partial charge in [-0.3, -0.25) is 4.79 Å². The minimum atomic E-state index is -4.49. The van der Waals surface area contributed by atoms with Crippen LogP contribution in [-0.2, 0) is 11.0 Å².